The van der Waals surface area contributed by atoms with Gasteiger partial charge in [0.15, 0.2) is 0 Å². The van der Waals surface area contributed by atoms with Crippen molar-refractivity contribution in [1.29, 1.82) is 0 Å². The highest BCUT2D eigenvalue weighted by Crippen LogP contribution is 2.35. The fourth-order valence-corrected chi connectivity index (χ4v) is 4.51. The van der Waals surface area contributed by atoms with Crippen LogP contribution in [0.5, 0.6) is 5.75 Å². The zero-order chi connectivity index (χ0) is 23.4. The van der Waals surface area contributed by atoms with Gasteiger partial charge in [0.25, 0.3) is 16.8 Å². The Balaban J connectivity index is 1.52. The minimum absolute atomic E-state index is 0.0796. The molecule has 0 unspecified atom stereocenters. The lowest BCUT2D eigenvalue weighted by atomic mass is 10.1. The van der Waals surface area contributed by atoms with E-state index in [1.807, 2.05) is 31.2 Å². The summed E-state index contributed by atoms with van der Waals surface area (Å²) >= 11 is 0.825. The number of aryl methyl sites for hydroxylation is 1. The summed E-state index contributed by atoms with van der Waals surface area (Å²) in [7, 11) is 0. The lowest BCUT2D eigenvalue weighted by molar-refractivity contribution is -0.384. The van der Waals surface area contributed by atoms with Crippen molar-refractivity contribution in [2.45, 2.75) is 6.92 Å². The van der Waals surface area contributed by atoms with Gasteiger partial charge in [-0.25, -0.2) is 0 Å². The third-order valence-corrected chi connectivity index (χ3v) is 6.21. The second-order valence-electron chi connectivity index (χ2n) is 7.60. The van der Waals surface area contributed by atoms with Gasteiger partial charge in [-0.05, 0) is 48.5 Å². The third kappa shape index (κ3) is 5.35. The summed E-state index contributed by atoms with van der Waals surface area (Å²) in [6.07, 6.45) is 1.56. The molecule has 9 nitrogen and oxygen atoms in total. The number of rotatable bonds is 7. The van der Waals surface area contributed by atoms with Gasteiger partial charge in [-0.15, -0.1) is 0 Å². The third-order valence-electron chi connectivity index (χ3n) is 5.31. The number of amides is 2. The fraction of sp³-hybridized carbons (Fsp3) is 0.304. The van der Waals surface area contributed by atoms with Gasteiger partial charge in [0.05, 0.1) is 29.6 Å². The van der Waals surface area contributed by atoms with Crippen LogP contribution >= 0.6 is 11.8 Å². The van der Waals surface area contributed by atoms with Gasteiger partial charge in [-0.2, -0.15) is 0 Å². The molecule has 0 radical (unpaired) electrons. The lowest BCUT2D eigenvalue weighted by Gasteiger charge is -2.30. The second kappa shape index (κ2) is 10.1. The number of imide groups is 1. The van der Waals surface area contributed by atoms with Crippen molar-refractivity contribution in [1.82, 2.24) is 4.90 Å². The highest BCUT2D eigenvalue weighted by Gasteiger charge is 2.35. The summed E-state index contributed by atoms with van der Waals surface area (Å²) in [4.78, 5) is 39.6. The number of morpholine rings is 1. The number of carbonyl (C=O) groups is 2. The van der Waals surface area contributed by atoms with E-state index in [0.29, 0.717) is 37.6 Å². The highest BCUT2D eigenvalue weighted by atomic mass is 32.2. The molecule has 0 aliphatic carbocycles. The molecule has 2 fully saturated rings. The molecule has 0 spiro atoms. The van der Waals surface area contributed by atoms with E-state index in [1.54, 1.807) is 12.1 Å². The van der Waals surface area contributed by atoms with Crippen molar-refractivity contribution >= 4 is 40.4 Å². The first-order valence-corrected chi connectivity index (χ1v) is 11.3. The first-order chi connectivity index (χ1) is 15.9. The van der Waals surface area contributed by atoms with Crippen molar-refractivity contribution < 1.29 is 24.0 Å². The predicted molar refractivity (Wildman–Crippen MR) is 125 cm³/mol. The van der Waals surface area contributed by atoms with Gasteiger partial charge in [0.1, 0.15) is 12.4 Å². The molecule has 0 atom stereocenters. The maximum absolute atomic E-state index is 12.9. The van der Waals surface area contributed by atoms with Crippen LogP contribution in [-0.2, 0) is 9.53 Å². The number of benzene rings is 2. The summed E-state index contributed by atoms with van der Waals surface area (Å²) in [5, 5.41) is 10.9. The van der Waals surface area contributed by atoms with E-state index in [9.17, 15) is 19.7 Å². The first kappa shape index (κ1) is 22.8. The quantitative estimate of drug-likeness (QED) is 0.342. The van der Waals surface area contributed by atoms with Crippen molar-refractivity contribution in [3.8, 4) is 5.75 Å². The van der Waals surface area contributed by atoms with Crippen molar-refractivity contribution in [3.63, 3.8) is 0 Å². The number of nitro benzene ring substituents is 1. The van der Waals surface area contributed by atoms with Crippen LogP contribution in [-0.4, -0.2) is 60.4 Å². The van der Waals surface area contributed by atoms with E-state index in [4.69, 9.17) is 9.47 Å². The summed E-state index contributed by atoms with van der Waals surface area (Å²) in [6.45, 7) is 4.60. The lowest BCUT2D eigenvalue weighted by Crippen LogP contribution is -2.36. The molecule has 4 rings (SSSR count). The van der Waals surface area contributed by atoms with Gasteiger partial charge in [0, 0.05) is 36.5 Å². The Morgan fingerprint density at radius 1 is 1.18 bits per heavy atom. The molecule has 172 valence electrons. The number of ether oxygens (including phenoxy) is 2. The minimum atomic E-state index is -0.477. The summed E-state index contributed by atoms with van der Waals surface area (Å²) in [6, 6.07) is 12.1. The van der Waals surface area contributed by atoms with E-state index in [1.165, 1.54) is 12.1 Å². The van der Waals surface area contributed by atoms with Crippen LogP contribution in [0, 0.1) is 17.0 Å². The largest absolute Gasteiger partial charge is 0.492 e. The Morgan fingerprint density at radius 2 is 1.97 bits per heavy atom. The summed E-state index contributed by atoms with van der Waals surface area (Å²) in [5.74, 6) is 0.238. The molecule has 0 aromatic heterocycles. The molecule has 0 N–H and O–H groups in total. The van der Waals surface area contributed by atoms with Crippen molar-refractivity contribution in [2.24, 2.45) is 0 Å². The molecule has 0 bridgehead atoms. The van der Waals surface area contributed by atoms with Crippen LogP contribution in [0.25, 0.3) is 6.08 Å². The minimum Gasteiger partial charge on any atom is -0.492 e. The molecule has 2 aliphatic heterocycles. The number of thioether (sulfide) groups is 1. The van der Waals surface area contributed by atoms with Crippen molar-refractivity contribution in [2.75, 3.05) is 44.4 Å². The topological polar surface area (TPSA) is 102 Å². The van der Waals surface area contributed by atoms with Crippen LogP contribution < -0.4 is 9.64 Å². The van der Waals surface area contributed by atoms with Gasteiger partial charge >= 0.3 is 0 Å². The number of nitro groups is 1. The number of carbonyl (C=O) groups excluding carboxylic acids is 2. The average molecular weight is 470 g/mol. The van der Waals surface area contributed by atoms with E-state index >= 15 is 0 Å². The number of hydrogen-bond acceptors (Lipinski definition) is 8. The number of non-ortho nitro benzene ring substituents is 1. The molecule has 33 heavy (non-hydrogen) atoms. The molecule has 0 saturated carbocycles. The zero-order valence-electron chi connectivity index (χ0n) is 18.1. The normalized spacial score (nSPS) is 17.7. The molecule has 2 aromatic rings. The second-order valence-corrected chi connectivity index (χ2v) is 8.59. The average Bonchev–Trinajstić information content (AvgIpc) is 3.07. The maximum Gasteiger partial charge on any atom is 0.293 e. The highest BCUT2D eigenvalue weighted by molar-refractivity contribution is 8.18. The Kier molecular flexibility index (Phi) is 6.95. The predicted octanol–water partition coefficient (Wildman–Crippen LogP) is 3.86. The molecular formula is C23H23N3O6S. The van der Waals surface area contributed by atoms with Crippen LogP contribution in [0.3, 0.4) is 0 Å². The van der Waals surface area contributed by atoms with E-state index < -0.39 is 16.1 Å². The molecule has 2 amide bonds. The molecule has 2 aromatic carbocycles. The Bertz CT molecular complexity index is 1110. The fourth-order valence-electron chi connectivity index (χ4n) is 3.66. The number of nitrogens with zero attached hydrogens (tertiary/aromatic N) is 3. The van der Waals surface area contributed by atoms with Crippen molar-refractivity contribution in [3.05, 3.63) is 68.6 Å². The van der Waals surface area contributed by atoms with Gasteiger partial charge in [-0.3, -0.25) is 24.6 Å². The number of anilines is 1. The smallest absolute Gasteiger partial charge is 0.293 e. The SMILES string of the molecule is Cc1cccc(OCCN2C(=O)S/C(=C\c3cc([N+](=O)[O-])ccc3N3CCOCC3)C2=O)c1. The van der Waals surface area contributed by atoms with Gasteiger partial charge in [0.2, 0.25) is 0 Å². The summed E-state index contributed by atoms with van der Waals surface area (Å²) < 4.78 is 11.1. The zero-order valence-corrected chi connectivity index (χ0v) is 18.9. The molecule has 2 aliphatic rings. The molecule has 2 heterocycles. The van der Waals surface area contributed by atoms with E-state index in [-0.39, 0.29) is 23.7 Å². The molecule has 10 heteroatoms. The number of hydrogen-bond donors (Lipinski definition) is 0. The van der Waals surface area contributed by atoms with E-state index in [0.717, 1.165) is 27.9 Å². The van der Waals surface area contributed by atoms with Crippen LogP contribution in [0.1, 0.15) is 11.1 Å². The first-order valence-electron chi connectivity index (χ1n) is 10.5. The van der Waals surface area contributed by atoms with Crippen LogP contribution in [0.15, 0.2) is 47.4 Å². The van der Waals surface area contributed by atoms with Crippen LogP contribution in [0.2, 0.25) is 0 Å². The Hall–Kier alpha value is -3.37. The summed E-state index contributed by atoms with van der Waals surface area (Å²) in [5.41, 5.74) is 2.25. The monoisotopic (exact) mass is 469 g/mol. The Morgan fingerprint density at radius 3 is 2.70 bits per heavy atom. The standard InChI is InChI=1S/C23H23N3O6S/c1-16-3-2-4-19(13-16)32-12-9-25-22(27)21(33-23(25)28)15-17-14-18(26(29)30)5-6-20(17)24-7-10-31-11-8-24/h2-6,13-15H,7-12H2,1H3/b21-15-. The van der Waals surface area contributed by atoms with Gasteiger partial charge in [-0.1, -0.05) is 12.1 Å². The Labute approximate surface area is 195 Å². The van der Waals surface area contributed by atoms with Gasteiger partial charge < -0.3 is 14.4 Å². The molecule has 2 saturated heterocycles. The van der Waals surface area contributed by atoms with E-state index in [2.05, 4.69) is 4.90 Å². The maximum atomic E-state index is 12.9. The van der Waals surface area contributed by atoms with Crippen LogP contribution in [0.4, 0.5) is 16.2 Å². The molecular weight excluding hydrogens is 446 g/mol.